The minimum Gasteiger partial charge on any atom is -0.495 e. The molecule has 0 aliphatic carbocycles. The first-order valence-electron chi connectivity index (χ1n) is 4.03. The van der Waals surface area contributed by atoms with Crippen molar-refractivity contribution in [1.82, 2.24) is 4.37 Å². The molecule has 0 spiro atoms. The number of methoxy groups -OCH3 is 1. The Balaban J connectivity index is 2.92. The third kappa shape index (κ3) is 1.22. The van der Waals surface area contributed by atoms with Crippen LogP contribution >= 0.6 is 23.1 Å². The molecule has 0 aliphatic rings. The van der Waals surface area contributed by atoms with E-state index in [9.17, 15) is 0 Å². The zero-order chi connectivity index (χ0) is 10.3. The lowest BCUT2D eigenvalue weighted by Gasteiger charge is -2.05. The second kappa shape index (κ2) is 3.29. The van der Waals surface area contributed by atoms with Gasteiger partial charge in [-0.15, -0.1) is 0 Å². The number of nitrogen functional groups attached to an aromatic ring is 1. The maximum atomic E-state index is 6.04. The molecule has 2 N–H and O–H groups in total. The van der Waals surface area contributed by atoms with Crippen molar-refractivity contribution < 1.29 is 4.74 Å². The first kappa shape index (κ1) is 9.55. The van der Waals surface area contributed by atoms with Crippen LogP contribution in [-0.4, -0.2) is 11.5 Å². The van der Waals surface area contributed by atoms with Gasteiger partial charge in [0.05, 0.1) is 11.8 Å². The molecule has 0 amide bonds. The van der Waals surface area contributed by atoms with Gasteiger partial charge in [0.1, 0.15) is 11.6 Å². The molecule has 1 aromatic heterocycles. The molecule has 5 heteroatoms. The molecule has 0 fully saturated rings. The maximum absolute atomic E-state index is 6.04. The van der Waals surface area contributed by atoms with Crippen LogP contribution in [0.25, 0.3) is 10.1 Å². The molecule has 0 saturated carbocycles. The lowest BCUT2D eigenvalue weighted by atomic mass is 10.1. The monoisotopic (exact) mass is 228 g/mol. The molecule has 1 aromatic carbocycles. The van der Waals surface area contributed by atoms with Gasteiger partial charge >= 0.3 is 0 Å². The molecular weight excluding hydrogens is 220 g/mol. The molecule has 3 nitrogen and oxygen atoms in total. The molecule has 2 rings (SSSR count). The first-order valence-corrected chi connectivity index (χ1v) is 5.18. The largest absolute Gasteiger partial charge is 0.495 e. The lowest BCUT2D eigenvalue weighted by Crippen LogP contribution is -1.89. The van der Waals surface area contributed by atoms with Crippen LogP contribution in [0, 0.1) is 6.92 Å². The van der Waals surface area contributed by atoms with Gasteiger partial charge in [0.2, 0.25) is 0 Å². The van der Waals surface area contributed by atoms with E-state index in [0.29, 0.717) is 10.8 Å². The number of ether oxygens (including phenoxy) is 1. The molecule has 0 saturated heterocycles. The van der Waals surface area contributed by atoms with Crippen molar-refractivity contribution in [2.24, 2.45) is 0 Å². The third-order valence-corrected chi connectivity index (χ3v) is 3.42. The van der Waals surface area contributed by atoms with Crippen LogP contribution < -0.4 is 10.5 Å². The number of benzene rings is 1. The van der Waals surface area contributed by atoms with Gasteiger partial charge in [0.25, 0.3) is 0 Å². The highest BCUT2D eigenvalue weighted by Gasteiger charge is 2.13. The van der Waals surface area contributed by atoms with E-state index in [-0.39, 0.29) is 0 Å². The number of halogens is 1. The summed E-state index contributed by atoms with van der Waals surface area (Å²) < 4.78 is 10.2. The average Bonchev–Trinajstić information content (AvgIpc) is 2.54. The average molecular weight is 229 g/mol. The van der Waals surface area contributed by atoms with Crippen molar-refractivity contribution in [1.29, 1.82) is 0 Å². The molecule has 0 aliphatic heterocycles. The van der Waals surface area contributed by atoms with Crippen LogP contribution in [0.1, 0.15) is 5.56 Å². The summed E-state index contributed by atoms with van der Waals surface area (Å²) in [5.74, 6) is 1.24. The van der Waals surface area contributed by atoms with Gasteiger partial charge in [-0.1, -0.05) is 11.6 Å². The Morgan fingerprint density at radius 1 is 1.57 bits per heavy atom. The van der Waals surface area contributed by atoms with Gasteiger partial charge in [0, 0.05) is 16.5 Å². The predicted molar refractivity (Wildman–Crippen MR) is 60.3 cm³/mol. The fraction of sp³-hybridized carbons (Fsp3) is 0.222. The van der Waals surface area contributed by atoms with Crippen molar-refractivity contribution in [3.8, 4) is 5.75 Å². The second-order valence-electron chi connectivity index (χ2n) is 2.96. The van der Waals surface area contributed by atoms with Crippen molar-refractivity contribution in [3.63, 3.8) is 0 Å². The molecule has 2 aromatic rings. The number of hydrogen-bond acceptors (Lipinski definition) is 4. The maximum Gasteiger partial charge on any atom is 0.145 e. The summed E-state index contributed by atoms with van der Waals surface area (Å²) in [6, 6.07) is 1.79. The number of hydrogen-bond donors (Lipinski definition) is 1. The smallest absolute Gasteiger partial charge is 0.145 e. The van der Waals surface area contributed by atoms with Crippen molar-refractivity contribution in [2.45, 2.75) is 6.92 Å². The zero-order valence-corrected chi connectivity index (χ0v) is 9.37. The number of fused-ring (bicyclic) bond motifs is 1. The summed E-state index contributed by atoms with van der Waals surface area (Å²) in [7, 11) is 1.61. The van der Waals surface area contributed by atoms with E-state index in [2.05, 4.69) is 4.37 Å². The summed E-state index contributed by atoms with van der Waals surface area (Å²) >= 11 is 7.37. The molecule has 0 unspecified atom stereocenters. The van der Waals surface area contributed by atoms with Crippen LogP contribution in [0.5, 0.6) is 5.75 Å². The Labute approximate surface area is 90.6 Å². The van der Waals surface area contributed by atoms with E-state index < -0.39 is 0 Å². The van der Waals surface area contributed by atoms with Gasteiger partial charge in [-0.3, -0.25) is 0 Å². The van der Waals surface area contributed by atoms with E-state index in [1.807, 2.05) is 6.92 Å². The minimum atomic E-state index is 0.517. The number of aromatic nitrogens is 1. The fourth-order valence-electron chi connectivity index (χ4n) is 1.39. The summed E-state index contributed by atoms with van der Waals surface area (Å²) in [4.78, 5) is 0. The highest BCUT2D eigenvalue weighted by atomic mass is 35.5. The van der Waals surface area contributed by atoms with Crippen LogP contribution in [0.15, 0.2) is 6.07 Å². The topological polar surface area (TPSA) is 48.1 Å². The molecule has 0 radical (unpaired) electrons. The van der Waals surface area contributed by atoms with E-state index >= 15 is 0 Å². The van der Waals surface area contributed by atoms with E-state index in [4.69, 9.17) is 22.1 Å². The normalized spacial score (nSPS) is 10.8. The van der Waals surface area contributed by atoms with Gasteiger partial charge in [0.15, 0.2) is 0 Å². The Kier molecular flexibility index (Phi) is 2.25. The quantitative estimate of drug-likeness (QED) is 0.817. The Bertz CT molecular complexity index is 495. The SMILES string of the molecule is COc1cc(Cl)c(C)c2c(N)nsc12. The van der Waals surface area contributed by atoms with Crippen LogP contribution in [0.4, 0.5) is 5.82 Å². The number of nitrogens with zero attached hydrogens (tertiary/aromatic N) is 1. The predicted octanol–water partition coefficient (Wildman–Crippen LogP) is 2.85. The number of nitrogens with two attached hydrogens (primary N) is 1. The Hall–Kier alpha value is -1.00. The fourth-order valence-corrected chi connectivity index (χ4v) is 2.45. The van der Waals surface area contributed by atoms with Gasteiger partial charge in [-0.2, -0.15) is 4.37 Å². The highest BCUT2D eigenvalue weighted by Crippen LogP contribution is 2.38. The van der Waals surface area contributed by atoms with Crippen molar-refractivity contribution >= 4 is 39.0 Å². The summed E-state index contributed by atoms with van der Waals surface area (Å²) in [6.07, 6.45) is 0. The van der Waals surface area contributed by atoms with Gasteiger partial charge < -0.3 is 10.5 Å². The molecule has 74 valence electrons. The Morgan fingerprint density at radius 3 is 2.93 bits per heavy atom. The van der Waals surface area contributed by atoms with Crippen LogP contribution in [-0.2, 0) is 0 Å². The lowest BCUT2D eigenvalue weighted by molar-refractivity contribution is 0.420. The number of anilines is 1. The van der Waals surface area contributed by atoms with E-state index in [1.165, 1.54) is 11.5 Å². The minimum absolute atomic E-state index is 0.517. The zero-order valence-electron chi connectivity index (χ0n) is 7.80. The van der Waals surface area contributed by atoms with Gasteiger partial charge in [-0.25, -0.2) is 0 Å². The van der Waals surface area contributed by atoms with Gasteiger partial charge in [-0.05, 0) is 24.0 Å². The highest BCUT2D eigenvalue weighted by molar-refractivity contribution is 7.14. The third-order valence-electron chi connectivity index (χ3n) is 2.15. The molecule has 0 atom stereocenters. The molecule has 0 bridgehead atoms. The Morgan fingerprint density at radius 2 is 2.29 bits per heavy atom. The van der Waals surface area contributed by atoms with Crippen molar-refractivity contribution in [3.05, 3.63) is 16.7 Å². The molecule has 14 heavy (non-hydrogen) atoms. The number of rotatable bonds is 1. The summed E-state index contributed by atoms with van der Waals surface area (Å²) in [6.45, 7) is 1.93. The second-order valence-corrected chi connectivity index (χ2v) is 4.14. The summed E-state index contributed by atoms with van der Waals surface area (Å²) in [5.41, 5.74) is 6.71. The van der Waals surface area contributed by atoms with Crippen LogP contribution in [0.2, 0.25) is 5.02 Å². The number of aryl methyl sites for hydroxylation is 1. The molecular formula is C9H9ClN2OS. The van der Waals surface area contributed by atoms with E-state index in [1.54, 1.807) is 13.2 Å². The van der Waals surface area contributed by atoms with Crippen molar-refractivity contribution in [2.75, 3.05) is 12.8 Å². The summed E-state index contributed by atoms with van der Waals surface area (Å²) in [5, 5.41) is 1.56. The standard InChI is InChI=1S/C9H9ClN2OS/c1-4-5(10)3-6(13-2)8-7(4)9(11)12-14-8/h3H,1-2H3,(H2,11,12). The van der Waals surface area contributed by atoms with E-state index in [0.717, 1.165) is 21.4 Å². The first-order chi connectivity index (χ1) is 6.65. The van der Waals surface area contributed by atoms with Crippen LogP contribution in [0.3, 0.4) is 0 Å². The molecule has 1 heterocycles.